The van der Waals surface area contributed by atoms with Crippen molar-refractivity contribution in [2.45, 2.75) is 71.1 Å². The van der Waals surface area contributed by atoms with E-state index >= 15 is 0 Å². The normalized spacial score (nSPS) is 48.9. The Morgan fingerprint density at radius 3 is 2.43 bits per heavy atom. The van der Waals surface area contributed by atoms with E-state index in [9.17, 15) is 19.2 Å². The number of rotatable bonds is 1. The topological polar surface area (TPSA) is 118 Å². The minimum absolute atomic E-state index is 0.302. The van der Waals surface area contributed by atoms with E-state index in [1.54, 1.807) is 13.8 Å². The zero-order chi connectivity index (χ0) is 25.3. The minimum atomic E-state index is -1.72. The van der Waals surface area contributed by atoms with E-state index in [1.165, 1.54) is 13.2 Å². The van der Waals surface area contributed by atoms with Crippen molar-refractivity contribution in [2.75, 3.05) is 13.7 Å². The summed E-state index contributed by atoms with van der Waals surface area (Å²) in [5, 5.41) is 0. The van der Waals surface area contributed by atoms with Crippen LogP contribution in [0.25, 0.3) is 0 Å². The first kappa shape index (κ1) is 22.9. The maximum Gasteiger partial charge on any atom is 0.332 e. The van der Waals surface area contributed by atoms with Gasteiger partial charge in [0.25, 0.3) is 0 Å². The lowest BCUT2D eigenvalue weighted by atomic mass is 9.38. The Morgan fingerprint density at radius 2 is 1.80 bits per heavy atom. The van der Waals surface area contributed by atoms with Gasteiger partial charge in [0.15, 0.2) is 5.78 Å². The Hall–Kier alpha value is -2.52. The largest absolute Gasteiger partial charge is 0.468 e. The van der Waals surface area contributed by atoms with Crippen LogP contribution in [-0.4, -0.2) is 61.0 Å². The van der Waals surface area contributed by atoms with Gasteiger partial charge in [-0.15, -0.1) is 0 Å². The van der Waals surface area contributed by atoms with Gasteiger partial charge in [-0.2, -0.15) is 0 Å². The molecule has 0 radical (unpaired) electrons. The fraction of sp³-hybridized carbons (Fsp3) is 0.692. The number of hydrogen-bond donors (Lipinski definition) is 0. The lowest BCUT2D eigenvalue weighted by Crippen LogP contribution is -2.73. The van der Waals surface area contributed by atoms with Crippen molar-refractivity contribution in [3.63, 3.8) is 0 Å². The molecular weight excluding hydrogens is 456 g/mol. The third-order valence-corrected chi connectivity index (χ3v) is 9.78. The second-order valence-electron chi connectivity index (χ2n) is 11.8. The number of ketones is 1. The standard InChI is InChI=1S/C26H30O9/c1-12-18(28)26(21(30)31-6)17-19(33-12)34-20(29)23(17,4)10-15-24(26,5)8-7-13-14(25(15)11-32-25)9-16(27)35-22(13,2)3/h7,9,12,15,17,19H,8,10-11H2,1-6H3/t12-,15-,17-,19-,23-,24+,25+,26+/m1/s1. The molecule has 4 aliphatic heterocycles. The van der Waals surface area contributed by atoms with Crippen molar-refractivity contribution >= 4 is 23.7 Å². The Balaban J connectivity index is 1.68. The molecule has 4 fully saturated rings. The highest BCUT2D eigenvalue weighted by Crippen LogP contribution is 2.75. The van der Waals surface area contributed by atoms with Gasteiger partial charge in [0.1, 0.15) is 22.7 Å². The molecule has 3 saturated heterocycles. The van der Waals surface area contributed by atoms with Crippen molar-refractivity contribution in [1.29, 1.82) is 0 Å². The molecule has 0 amide bonds. The van der Waals surface area contributed by atoms with Crippen LogP contribution in [0.1, 0.15) is 47.5 Å². The highest BCUT2D eigenvalue weighted by molar-refractivity contribution is 6.09. The maximum atomic E-state index is 14.2. The first-order valence-corrected chi connectivity index (χ1v) is 12.1. The zero-order valence-corrected chi connectivity index (χ0v) is 20.8. The number of hydrogen-bond acceptors (Lipinski definition) is 9. The second-order valence-corrected chi connectivity index (χ2v) is 11.8. The zero-order valence-electron chi connectivity index (χ0n) is 20.8. The molecule has 0 unspecified atom stereocenters. The highest BCUT2D eigenvalue weighted by Gasteiger charge is 2.84. The van der Waals surface area contributed by atoms with Gasteiger partial charge in [0.05, 0.1) is 25.0 Å². The molecule has 9 nitrogen and oxygen atoms in total. The van der Waals surface area contributed by atoms with Gasteiger partial charge in [-0.25, -0.2) is 4.79 Å². The smallest absolute Gasteiger partial charge is 0.332 e. The molecular formula is C26H30O9. The van der Waals surface area contributed by atoms with Gasteiger partial charge in [0, 0.05) is 23.0 Å². The molecule has 0 aromatic heterocycles. The van der Waals surface area contributed by atoms with Gasteiger partial charge < -0.3 is 23.7 Å². The number of carbonyl (C=O) groups excluding carboxylic acids is 4. The van der Waals surface area contributed by atoms with Crippen molar-refractivity contribution in [2.24, 2.45) is 28.1 Å². The van der Waals surface area contributed by atoms with Gasteiger partial charge >= 0.3 is 17.9 Å². The molecule has 0 N–H and O–H groups in total. The summed E-state index contributed by atoms with van der Waals surface area (Å²) in [5.41, 5.74) is -4.29. The lowest BCUT2D eigenvalue weighted by Gasteiger charge is -2.62. The van der Waals surface area contributed by atoms with Crippen LogP contribution >= 0.6 is 0 Å². The fourth-order valence-corrected chi connectivity index (χ4v) is 8.13. The molecule has 1 spiro atoms. The Bertz CT molecular complexity index is 1160. The maximum absolute atomic E-state index is 14.2. The second kappa shape index (κ2) is 6.42. The third kappa shape index (κ3) is 2.37. The van der Waals surface area contributed by atoms with Gasteiger partial charge in [-0.1, -0.05) is 13.0 Å². The van der Waals surface area contributed by atoms with Crippen LogP contribution in [0.15, 0.2) is 23.3 Å². The predicted octanol–water partition coefficient (Wildman–Crippen LogP) is 2.03. The van der Waals surface area contributed by atoms with E-state index in [-0.39, 0.29) is 0 Å². The molecule has 6 rings (SSSR count). The quantitative estimate of drug-likeness (QED) is 0.237. The molecule has 8 atom stereocenters. The van der Waals surface area contributed by atoms with Crippen LogP contribution in [0.2, 0.25) is 0 Å². The van der Waals surface area contributed by atoms with E-state index in [2.05, 4.69) is 0 Å². The van der Waals surface area contributed by atoms with Gasteiger partial charge in [-0.05, 0) is 46.1 Å². The SMILES string of the molecule is COC(=O)[C@]12C(=O)[C@@H](C)O[C@@H]3OC(=O)[C@](C)(C[C@H]4[C@]5(CO5)C5=CC(=O)OC(C)(C)C5=CC[C@@]41C)[C@@H]32. The average molecular weight is 487 g/mol. The summed E-state index contributed by atoms with van der Waals surface area (Å²) >= 11 is 0. The van der Waals surface area contributed by atoms with Crippen molar-refractivity contribution in [3.8, 4) is 0 Å². The molecule has 1 saturated carbocycles. The van der Waals surface area contributed by atoms with E-state index < -0.39 is 75.4 Å². The summed E-state index contributed by atoms with van der Waals surface area (Å²) in [5.74, 6) is -3.40. The fourth-order valence-electron chi connectivity index (χ4n) is 8.13. The van der Waals surface area contributed by atoms with Crippen LogP contribution in [0.3, 0.4) is 0 Å². The molecule has 0 aromatic rings. The van der Waals surface area contributed by atoms with Crippen LogP contribution in [0.5, 0.6) is 0 Å². The Morgan fingerprint density at radius 1 is 1.11 bits per heavy atom. The average Bonchev–Trinajstić information content (AvgIpc) is 3.54. The van der Waals surface area contributed by atoms with Gasteiger partial charge in [-0.3, -0.25) is 14.4 Å². The number of carbonyl (C=O) groups is 4. The van der Waals surface area contributed by atoms with Crippen LogP contribution < -0.4 is 0 Å². The summed E-state index contributed by atoms with van der Waals surface area (Å²) in [6.07, 6.45) is 2.04. The minimum Gasteiger partial charge on any atom is -0.468 e. The number of fused-ring (bicyclic) bond motifs is 5. The highest BCUT2D eigenvalue weighted by atomic mass is 16.7. The Kier molecular flexibility index (Phi) is 4.20. The van der Waals surface area contributed by atoms with E-state index in [4.69, 9.17) is 23.7 Å². The number of cyclic esters (lactones) is 1. The monoisotopic (exact) mass is 486 g/mol. The number of methoxy groups -OCH3 is 1. The molecule has 9 heteroatoms. The van der Waals surface area contributed by atoms with E-state index in [1.807, 2.05) is 26.8 Å². The summed E-state index contributed by atoms with van der Waals surface area (Å²) in [6.45, 7) is 9.17. The summed E-state index contributed by atoms with van der Waals surface area (Å²) < 4.78 is 28.7. The molecule has 0 aromatic carbocycles. The number of Topliss-reactive ketones (excluding diaryl/α,β-unsaturated/α-hetero) is 1. The van der Waals surface area contributed by atoms with Crippen molar-refractivity contribution < 1.29 is 42.9 Å². The predicted molar refractivity (Wildman–Crippen MR) is 117 cm³/mol. The van der Waals surface area contributed by atoms with Crippen LogP contribution in [-0.2, 0) is 42.9 Å². The molecule has 0 bridgehead atoms. The lowest BCUT2D eigenvalue weighted by molar-refractivity contribution is -0.255. The number of epoxide rings is 1. The first-order chi connectivity index (χ1) is 16.3. The molecule has 188 valence electrons. The molecule has 4 heterocycles. The van der Waals surface area contributed by atoms with Crippen LogP contribution in [0.4, 0.5) is 0 Å². The molecule has 2 aliphatic carbocycles. The van der Waals surface area contributed by atoms with Gasteiger partial charge in [0.2, 0.25) is 6.29 Å². The number of esters is 3. The summed E-state index contributed by atoms with van der Waals surface area (Å²) in [4.78, 5) is 54.1. The van der Waals surface area contributed by atoms with Crippen molar-refractivity contribution in [3.05, 3.63) is 23.3 Å². The number of ether oxygens (including phenoxy) is 5. The summed E-state index contributed by atoms with van der Waals surface area (Å²) in [6, 6.07) is 0. The van der Waals surface area contributed by atoms with Crippen molar-refractivity contribution in [1.82, 2.24) is 0 Å². The van der Waals surface area contributed by atoms with E-state index in [0.29, 0.717) is 25.0 Å². The molecule has 35 heavy (non-hydrogen) atoms. The van der Waals surface area contributed by atoms with Crippen LogP contribution in [0, 0.1) is 28.1 Å². The van der Waals surface area contributed by atoms with E-state index in [0.717, 1.165) is 5.57 Å². The summed E-state index contributed by atoms with van der Waals surface area (Å²) in [7, 11) is 1.26. The first-order valence-electron chi connectivity index (χ1n) is 12.1. The Labute approximate surface area is 203 Å². The number of allylic oxidation sites excluding steroid dienone is 1. The third-order valence-electron chi connectivity index (χ3n) is 9.78. The molecule has 6 aliphatic rings.